The molecule has 0 aliphatic heterocycles. The molecule has 0 aromatic heterocycles. The maximum absolute atomic E-state index is 11.1. The Labute approximate surface area is 98.4 Å². The second kappa shape index (κ2) is 5.70. The lowest BCUT2D eigenvalue weighted by Crippen LogP contribution is -2.00. The zero-order valence-electron chi connectivity index (χ0n) is 10.2. The minimum absolute atomic E-state index is 0.0146. The molecule has 0 spiro atoms. The Morgan fingerprint density at radius 2 is 1.12 bits per heavy atom. The summed E-state index contributed by atoms with van der Waals surface area (Å²) in [5.41, 5.74) is 0. The van der Waals surface area contributed by atoms with Gasteiger partial charge in [0.1, 0.15) is 0 Å². The van der Waals surface area contributed by atoms with E-state index >= 15 is 0 Å². The van der Waals surface area contributed by atoms with Crippen molar-refractivity contribution in [3.63, 3.8) is 0 Å². The van der Waals surface area contributed by atoms with Crippen LogP contribution in [0.25, 0.3) is 0 Å². The van der Waals surface area contributed by atoms with E-state index in [1.165, 1.54) is 64.2 Å². The van der Waals surface area contributed by atoms with Crippen molar-refractivity contribution >= 4 is 5.97 Å². The molecule has 2 aliphatic carbocycles. The largest absolute Gasteiger partial charge is 0.481 e. The van der Waals surface area contributed by atoms with Crippen molar-refractivity contribution in [2.45, 2.75) is 64.2 Å². The van der Waals surface area contributed by atoms with E-state index < -0.39 is 5.97 Å². The maximum atomic E-state index is 11.1. The molecule has 0 heterocycles. The van der Waals surface area contributed by atoms with Gasteiger partial charge in [-0.3, -0.25) is 4.79 Å². The highest BCUT2D eigenvalue weighted by Gasteiger charge is 2.53. The molecule has 0 radical (unpaired) electrons. The highest BCUT2D eigenvalue weighted by molar-refractivity contribution is 5.74. The van der Waals surface area contributed by atoms with E-state index in [-0.39, 0.29) is 5.92 Å². The molecule has 0 amide bonds. The van der Waals surface area contributed by atoms with Crippen LogP contribution in [0.15, 0.2) is 0 Å². The van der Waals surface area contributed by atoms with E-state index in [9.17, 15) is 4.79 Å². The highest BCUT2D eigenvalue weighted by atomic mass is 16.4. The average molecular weight is 224 g/mol. The number of carbonyl (C=O) groups is 1. The average Bonchev–Trinajstić information content (AvgIpc) is 2.91. The van der Waals surface area contributed by atoms with E-state index in [4.69, 9.17) is 5.11 Å². The summed E-state index contributed by atoms with van der Waals surface area (Å²) in [6.45, 7) is 0. The van der Waals surface area contributed by atoms with Crippen LogP contribution >= 0.6 is 0 Å². The number of fused-ring (bicyclic) bond motifs is 1. The molecule has 92 valence electrons. The third kappa shape index (κ3) is 2.99. The lowest BCUT2D eigenvalue weighted by Gasteiger charge is -2.05. The number of carboxylic acid groups (broad SMARTS) is 1. The molecular weight excluding hydrogens is 200 g/mol. The van der Waals surface area contributed by atoms with Crippen LogP contribution in [0.1, 0.15) is 64.2 Å². The number of carboxylic acids is 1. The number of aliphatic carboxylic acids is 1. The molecule has 2 fully saturated rings. The van der Waals surface area contributed by atoms with Crippen LogP contribution in [0.4, 0.5) is 0 Å². The molecule has 2 nitrogen and oxygen atoms in total. The minimum atomic E-state index is -0.537. The number of hydrogen-bond acceptors (Lipinski definition) is 1. The molecular formula is C14H24O2. The smallest absolute Gasteiger partial charge is 0.307 e. The summed E-state index contributed by atoms with van der Waals surface area (Å²) in [6.07, 6.45) is 13.0. The summed E-state index contributed by atoms with van der Waals surface area (Å²) in [5, 5.41) is 9.12. The van der Waals surface area contributed by atoms with Crippen molar-refractivity contribution in [2.75, 3.05) is 0 Å². The van der Waals surface area contributed by atoms with Gasteiger partial charge in [-0.15, -0.1) is 0 Å². The highest BCUT2D eigenvalue weighted by Crippen LogP contribution is 2.52. The fourth-order valence-electron chi connectivity index (χ4n) is 3.42. The van der Waals surface area contributed by atoms with Crippen molar-refractivity contribution in [2.24, 2.45) is 17.8 Å². The summed E-state index contributed by atoms with van der Waals surface area (Å²) in [5.74, 6) is 0.527. The third-order valence-corrected chi connectivity index (χ3v) is 4.44. The summed E-state index contributed by atoms with van der Waals surface area (Å²) in [7, 11) is 0. The molecule has 16 heavy (non-hydrogen) atoms. The second-order valence-electron chi connectivity index (χ2n) is 5.60. The van der Waals surface area contributed by atoms with E-state index in [0.29, 0.717) is 11.8 Å². The quantitative estimate of drug-likeness (QED) is 0.734. The lowest BCUT2D eigenvalue weighted by molar-refractivity contribution is -0.139. The van der Waals surface area contributed by atoms with Gasteiger partial charge in [-0.05, 0) is 24.7 Å². The Balaban J connectivity index is 1.81. The predicted octanol–water partition coefficient (Wildman–Crippen LogP) is 3.85. The first kappa shape index (κ1) is 11.9. The van der Waals surface area contributed by atoms with Gasteiger partial charge in [0.25, 0.3) is 0 Å². The monoisotopic (exact) mass is 224 g/mol. The Morgan fingerprint density at radius 3 is 1.50 bits per heavy atom. The summed E-state index contributed by atoms with van der Waals surface area (Å²) in [4.78, 5) is 11.1. The Hall–Kier alpha value is -0.530. The number of hydrogen-bond donors (Lipinski definition) is 1. The Kier molecular flexibility index (Phi) is 4.25. The van der Waals surface area contributed by atoms with E-state index in [1.54, 1.807) is 0 Å². The van der Waals surface area contributed by atoms with Gasteiger partial charge in [0.15, 0.2) is 0 Å². The molecule has 2 saturated carbocycles. The van der Waals surface area contributed by atoms with Crippen LogP contribution in [-0.4, -0.2) is 11.1 Å². The van der Waals surface area contributed by atoms with Crippen LogP contribution < -0.4 is 0 Å². The van der Waals surface area contributed by atoms with Crippen molar-refractivity contribution in [1.82, 2.24) is 0 Å². The first-order valence-electron chi connectivity index (χ1n) is 7.03. The van der Waals surface area contributed by atoms with Crippen LogP contribution in [0.5, 0.6) is 0 Å². The van der Waals surface area contributed by atoms with Crippen molar-refractivity contribution in [3.05, 3.63) is 0 Å². The Bertz CT molecular complexity index is 219. The summed E-state index contributed by atoms with van der Waals surface area (Å²) < 4.78 is 0. The van der Waals surface area contributed by atoms with Gasteiger partial charge in [0.05, 0.1) is 5.92 Å². The topological polar surface area (TPSA) is 37.3 Å². The van der Waals surface area contributed by atoms with Gasteiger partial charge in [-0.1, -0.05) is 51.4 Å². The number of rotatable bonds is 1. The molecule has 2 atom stereocenters. The first-order valence-corrected chi connectivity index (χ1v) is 7.03. The van der Waals surface area contributed by atoms with Gasteiger partial charge >= 0.3 is 5.97 Å². The fraction of sp³-hybridized carbons (Fsp3) is 0.929. The summed E-state index contributed by atoms with van der Waals surface area (Å²) >= 11 is 0. The fourth-order valence-corrected chi connectivity index (χ4v) is 3.42. The molecule has 0 saturated heterocycles. The molecule has 2 heteroatoms. The van der Waals surface area contributed by atoms with Gasteiger partial charge in [-0.2, -0.15) is 0 Å². The minimum Gasteiger partial charge on any atom is -0.481 e. The second-order valence-corrected chi connectivity index (χ2v) is 5.60. The third-order valence-electron chi connectivity index (χ3n) is 4.44. The van der Waals surface area contributed by atoms with Crippen molar-refractivity contribution < 1.29 is 9.90 Å². The molecule has 0 aromatic rings. The molecule has 0 bridgehead atoms. The van der Waals surface area contributed by atoms with E-state index in [2.05, 4.69) is 0 Å². The molecule has 2 aliphatic rings. The molecule has 0 aromatic carbocycles. The van der Waals surface area contributed by atoms with E-state index in [1.807, 2.05) is 0 Å². The standard InChI is InChI=1S/C14H24O2/c15-14(16)13-11-9-7-5-3-1-2-4-6-8-10-12(11)13/h11-13H,1-10H2,(H,15,16). The summed E-state index contributed by atoms with van der Waals surface area (Å²) in [6, 6.07) is 0. The van der Waals surface area contributed by atoms with Crippen molar-refractivity contribution in [1.29, 1.82) is 0 Å². The van der Waals surface area contributed by atoms with Gasteiger partial charge in [0, 0.05) is 0 Å². The normalized spacial score (nSPS) is 36.6. The first-order chi connectivity index (χ1) is 7.80. The van der Waals surface area contributed by atoms with E-state index in [0.717, 1.165) is 0 Å². The van der Waals surface area contributed by atoms with Gasteiger partial charge in [-0.25, -0.2) is 0 Å². The SMILES string of the molecule is O=C(O)C1C2CCCCCCCCCCC21. The van der Waals surface area contributed by atoms with Crippen LogP contribution in [0.2, 0.25) is 0 Å². The zero-order valence-corrected chi connectivity index (χ0v) is 10.2. The Morgan fingerprint density at radius 1 is 0.750 bits per heavy atom. The van der Waals surface area contributed by atoms with Crippen molar-refractivity contribution in [3.8, 4) is 0 Å². The van der Waals surface area contributed by atoms with Crippen LogP contribution in [0, 0.1) is 17.8 Å². The molecule has 1 N–H and O–H groups in total. The lowest BCUT2D eigenvalue weighted by atomic mass is 10.0. The maximum Gasteiger partial charge on any atom is 0.307 e. The van der Waals surface area contributed by atoms with Crippen LogP contribution in [0.3, 0.4) is 0 Å². The molecule has 2 unspecified atom stereocenters. The molecule has 2 rings (SSSR count). The predicted molar refractivity (Wildman–Crippen MR) is 64.3 cm³/mol. The van der Waals surface area contributed by atoms with Gasteiger partial charge in [0.2, 0.25) is 0 Å². The van der Waals surface area contributed by atoms with Crippen LogP contribution in [-0.2, 0) is 4.79 Å². The van der Waals surface area contributed by atoms with Gasteiger partial charge < -0.3 is 5.11 Å². The zero-order chi connectivity index (χ0) is 11.4.